The van der Waals surface area contributed by atoms with Crippen molar-refractivity contribution in [2.45, 2.75) is 19.9 Å². The van der Waals surface area contributed by atoms with E-state index in [1.54, 1.807) is 11.0 Å². The molecule has 1 aromatic carbocycles. The molecule has 1 rings (SSSR count). The van der Waals surface area contributed by atoms with Gasteiger partial charge in [-0.1, -0.05) is 36.7 Å². The van der Waals surface area contributed by atoms with Gasteiger partial charge in [0.05, 0.1) is 26.2 Å². The SMILES string of the molecule is CCN(CC(=O)NC(C)c1ccccc1Cl)CC(=O)OC. The Hall–Kier alpha value is -1.59. The number of likely N-dealkylation sites (N-methyl/N-ethyl adjacent to an activating group) is 1. The van der Waals surface area contributed by atoms with Gasteiger partial charge in [-0.3, -0.25) is 14.5 Å². The Balaban J connectivity index is 2.56. The molecule has 6 heteroatoms. The van der Waals surface area contributed by atoms with E-state index in [1.807, 2.05) is 32.0 Å². The fraction of sp³-hybridized carbons (Fsp3) is 0.467. The van der Waals surface area contributed by atoms with E-state index in [0.717, 1.165) is 5.56 Å². The summed E-state index contributed by atoms with van der Waals surface area (Å²) in [5.41, 5.74) is 0.864. The van der Waals surface area contributed by atoms with E-state index in [0.29, 0.717) is 11.6 Å². The molecular formula is C15H21ClN2O3. The lowest BCUT2D eigenvalue weighted by atomic mass is 10.1. The van der Waals surface area contributed by atoms with Gasteiger partial charge in [-0.05, 0) is 25.1 Å². The van der Waals surface area contributed by atoms with E-state index < -0.39 is 0 Å². The van der Waals surface area contributed by atoms with Crippen molar-refractivity contribution in [2.75, 3.05) is 26.7 Å². The predicted molar refractivity (Wildman–Crippen MR) is 82.1 cm³/mol. The summed E-state index contributed by atoms with van der Waals surface area (Å²) < 4.78 is 4.60. The molecule has 0 radical (unpaired) electrons. The molecule has 0 aliphatic carbocycles. The maximum atomic E-state index is 12.0. The first-order valence-electron chi connectivity index (χ1n) is 6.80. The molecule has 1 N–H and O–H groups in total. The number of carbonyl (C=O) groups is 2. The normalized spacial score (nSPS) is 12.0. The van der Waals surface area contributed by atoms with Gasteiger partial charge in [0.2, 0.25) is 5.91 Å². The lowest BCUT2D eigenvalue weighted by Gasteiger charge is -2.21. The Morgan fingerprint density at radius 3 is 2.57 bits per heavy atom. The van der Waals surface area contributed by atoms with E-state index in [4.69, 9.17) is 11.6 Å². The topological polar surface area (TPSA) is 58.6 Å². The van der Waals surface area contributed by atoms with E-state index in [-0.39, 0.29) is 31.0 Å². The number of hydrogen-bond acceptors (Lipinski definition) is 4. The minimum Gasteiger partial charge on any atom is -0.468 e. The van der Waals surface area contributed by atoms with Gasteiger partial charge in [-0.15, -0.1) is 0 Å². The van der Waals surface area contributed by atoms with E-state index in [9.17, 15) is 9.59 Å². The second-order valence-electron chi connectivity index (χ2n) is 4.69. The molecule has 1 aromatic rings. The summed E-state index contributed by atoms with van der Waals surface area (Å²) in [7, 11) is 1.33. The van der Waals surface area contributed by atoms with Crippen LogP contribution in [0.25, 0.3) is 0 Å². The zero-order chi connectivity index (χ0) is 15.8. The monoisotopic (exact) mass is 312 g/mol. The fourth-order valence-corrected chi connectivity index (χ4v) is 2.22. The number of esters is 1. The molecule has 0 spiro atoms. The standard InChI is InChI=1S/C15H21ClN2O3/c1-4-18(10-15(20)21-3)9-14(19)17-11(2)12-7-5-6-8-13(12)16/h5-8,11H,4,9-10H2,1-3H3,(H,17,19). The first-order valence-corrected chi connectivity index (χ1v) is 7.18. The highest BCUT2D eigenvalue weighted by atomic mass is 35.5. The predicted octanol–water partition coefficient (Wildman–Crippen LogP) is 2.01. The van der Waals surface area contributed by atoms with Gasteiger partial charge in [0, 0.05) is 5.02 Å². The summed E-state index contributed by atoms with van der Waals surface area (Å²) in [6.07, 6.45) is 0. The van der Waals surface area contributed by atoms with Crippen LogP contribution in [0.1, 0.15) is 25.5 Å². The first kappa shape index (κ1) is 17.5. The van der Waals surface area contributed by atoms with Crippen molar-refractivity contribution in [1.82, 2.24) is 10.2 Å². The van der Waals surface area contributed by atoms with Crippen LogP contribution < -0.4 is 5.32 Å². The van der Waals surface area contributed by atoms with Crippen molar-refractivity contribution < 1.29 is 14.3 Å². The maximum Gasteiger partial charge on any atom is 0.319 e. The van der Waals surface area contributed by atoms with Crippen LogP contribution >= 0.6 is 11.6 Å². The Labute approximate surface area is 130 Å². The van der Waals surface area contributed by atoms with Crippen LogP contribution in [0.3, 0.4) is 0 Å². The average molecular weight is 313 g/mol. The Bertz CT molecular complexity index is 494. The molecule has 1 unspecified atom stereocenters. The molecule has 116 valence electrons. The van der Waals surface area contributed by atoms with Crippen molar-refractivity contribution in [1.29, 1.82) is 0 Å². The second-order valence-corrected chi connectivity index (χ2v) is 5.10. The number of amides is 1. The smallest absolute Gasteiger partial charge is 0.319 e. The summed E-state index contributed by atoms with van der Waals surface area (Å²) in [6.45, 7) is 4.58. The summed E-state index contributed by atoms with van der Waals surface area (Å²) in [4.78, 5) is 25.0. The lowest BCUT2D eigenvalue weighted by Crippen LogP contribution is -2.40. The van der Waals surface area contributed by atoms with Gasteiger partial charge < -0.3 is 10.1 Å². The Morgan fingerprint density at radius 1 is 1.33 bits per heavy atom. The molecule has 1 amide bonds. The summed E-state index contributed by atoms with van der Waals surface area (Å²) >= 11 is 6.10. The van der Waals surface area contributed by atoms with Crippen molar-refractivity contribution in [3.05, 3.63) is 34.9 Å². The van der Waals surface area contributed by atoms with Crippen LogP contribution in [0.4, 0.5) is 0 Å². The highest BCUT2D eigenvalue weighted by Crippen LogP contribution is 2.21. The third-order valence-electron chi connectivity index (χ3n) is 3.14. The van der Waals surface area contributed by atoms with Gasteiger partial charge in [0.25, 0.3) is 0 Å². The number of benzene rings is 1. The summed E-state index contributed by atoms with van der Waals surface area (Å²) in [5.74, 6) is -0.517. The number of rotatable bonds is 7. The fourth-order valence-electron chi connectivity index (χ4n) is 1.92. The molecule has 0 saturated heterocycles. The molecule has 5 nitrogen and oxygen atoms in total. The van der Waals surface area contributed by atoms with Crippen molar-refractivity contribution in [3.63, 3.8) is 0 Å². The molecule has 21 heavy (non-hydrogen) atoms. The summed E-state index contributed by atoms with van der Waals surface area (Å²) in [5, 5.41) is 3.49. The van der Waals surface area contributed by atoms with Crippen LogP contribution in [0.2, 0.25) is 5.02 Å². The largest absolute Gasteiger partial charge is 0.468 e. The zero-order valence-electron chi connectivity index (χ0n) is 12.6. The molecular weight excluding hydrogens is 292 g/mol. The summed E-state index contributed by atoms with van der Waals surface area (Å²) in [6, 6.07) is 7.19. The molecule has 0 fully saturated rings. The van der Waals surface area contributed by atoms with E-state index in [1.165, 1.54) is 7.11 Å². The molecule has 0 aromatic heterocycles. The molecule has 0 saturated carbocycles. The molecule has 0 bridgehead atoms. The second kappa shape index (κ2) is 8.64. The number of halogens is 1. The average Bonchev–Trinajstić information content (AvgIpc) is 2.46. The number of nitrogens with zero attached hydrogens (tertiary/aromatic N) is 1. The van der Waals surface area contributed by atoms with Gasteiger partial charge in [-0.2, -0.15) is 0 Å². The van der Waals surface area contributed by atoms with Crippen LogP contribution in [0.15, 0.2) is 24.3 Å². The number of nitrogens with one attached hydrogen (secondary N) is 1. The van der Waals surface area contributed by atoms with Gasteiger partial charge in [0.1, 0.15) is 0 Å². The third kappa shape index (κ3) is 5.73. The van der Waals surface area contributed by atoms with E-state index >= 15 is 0 Å². The number of ether oxygens (including phenoxy) is 1. The Morgan fingerprint density at radius 2 is 2.00 bits per heavy atom. The van der Waals surface area contributed by atoms with Crippen molar-refractivity contribution in [2.24, 2.45) is 0 Å². The number of methoxy groups -OCH3 is 1. The molecule has 0 heterocycles. The first-order chi connectivity index (χ1) is 9.97. The minimum absolute atomic E-state index is 0.0981. The Kier molecular flexibility index (Phi) is 7.19. The quantitative estimate of drug-likeness (QED) is 0.783. The molecule has 1 atom stereocenters. The number of hydrogen-bond donors (Lipinski definition) is 1. The van der Waals surface area contributed by atoms with Crippen LogP contribution in [-0.4, -0.2) is 43.5 Å². The van der Waals surface area contributed by atoms with Crippen LogP contribution in [-0.2, 0) is 14.3 Å². The van der Waals surface area contributed by atoms with Gasteiger partial charge >= 0.3 is 5.97 Å². The molecule has 0 aliphatic rings. The minimum atomic E-state index is -0.358. The maximum absolute atomic E-state index is 12.0. The van der Waals surface area contributed by atoms with Crippen LogP contribution in [0.5, 0.6) is 0 Å². The van der Waals surface area contributed by atoms with Crippen LogP contribution in [0, 0.1) is 0 Å². The third-order valence-corrected chi connectivity index (χ3v) is 3.49. The highest BCUT2D eigenvalue weighted by molar-refractivity contribution is 6.31. The van der Waals surface area contributed by atoms with Gasteiger partial charge in [0.15, 0.2) is 0 Å². The molecule has 0 aliphatic heterocycles. The van der Waals surface area contributed by atoms with Crippen molar-refractivity contribution in [3.8, 4) is 0 Å². The van der Waals surface area contributed by atoms with Crippen molar-refractivity contribution >= 4 is 23.5 Å². The van der Waals surface area contributed by atoms with E-state index in [2.05, 4.69) is 10.1 Å². The zero-order valence-corrected chi connectivity index (χ0v) is 13.3. The highest BCUT2D eigenvalue weighted by Gasteiger charge is 2.16. The van der Waals surface area contributed by atoms with Gasteiger partial charge in [-0.25, -0.2) is 0 Å². The lowest BCUT2D eigenvalue weighted by molar-refractivity contribution is -0.142. The number of carbonyl (C=O) groups excluding carboxylic acids is 2.